The predicted molar refractivity (Wildman–Crippen MR) is 43.3 cm³/mol. The molecule has 1 unspecified atom stereocenters. The van der Waals surface area contributed by atoms with E-state index in [4.69, 9.17) is 0 Å². The van der Waals surface area contributed by atoms with E-state index in [9.17, 15) is 13.6 Å². The Morgan fingerprint density at radius 3 is 2.54 bits per heavy atom. The highest BCUT2D eigenvalue weighted by molar-refractivity contribution is 5.91. The van der Waals surface area contributed by atoms with Gasteiger partial charge in [-0.2, -0.15) is 0 Å². The summed E-state index contributed by atoms with van der Waals surface area (Å²) in [4.78, 5) is 11.0. The molecular formula is C10H8F2O. The SMILES string of the molecule is O=C1CCC1c1ccc(F)cc1F. The molecule has 1 atom stereocenters. The number of hydrogen-bond donors (Lipinski definition) is 0. The van der Waals surface area contributed by atoms with E-state index >= 15 is 0 Å². The summed E-state index contributed by atoms with van der Waals surface area (Å²) in [6, 6.07) is 3.36. The van der Waals surface area contributed by atoms with Crippen LogP contribution in [0.3, 0.4) is 0 Å². The zero-order valence-electron chi connectivity index (χ0n) is 6.89. The number of halogens is 2. The summed E-state index contributed by atoms with van der Waals surface area (Å²) in [7, 11) is 0. The molecule has 1 aliphatic carbocycles. The van der Waals surface area contributed by atoms with E-state index in [-0.39, 0.29) is 11.7 Å². The van der Waals surface area contributed by atoms with Gasteiger partial charge in [-0.05, 0) is 18.1 Å². The van der Waals surface area contributed by atoms with E-state index in [0.29, 0.717) is 18.4 Å². The molecule has 0 amide bonds. The van der Waals surface area contributed by atoms with E-state index < -0.39 is 11.6 Å². The van der Waals surface area contributed by atoms with Crippen LogP contribution < -0.4 is 0 Å². The van der Waals surface area contributed by atoms with Crippen molar-refractivity contribution in [2.75, 3.05) is 0 Å². The summed E-state index contributed by atoms with van der Waals surface area (Å²) >= 11 is 0. The Kier molecular flexibility index (Phi) is 1.87. The number of carbonyl (C=O) groups excluding carboxylic acids is 1. The van der Waals surface area contributed by atoms with Crippen LogP contribution in [-0.4, -0.2) is 5.78 Å². The van der Waals surface area contributed by atoms with Gasteiger partial charge in [0.15, 0.2) is 0 Å². The van der Waals surface area contributed by atoms with Gasteiger partial charge in [0, 0.05) is 18.4 Å². The fourth-order valence-electron chi connectivity index (χ4n) is 1.52. The maximum absolute atomic E-state index is 13.1. The first kappa shape index (κ1) is 8.35. The number of Topliss-reactive ketones (excluding diaryl/α,β-unsaturated/α-hetero) is 1. The normalized spacial score (nSPS) is 21.4. The molecule has 13 heavy (non-hydrogen) atoms. The van der Waals surface area contributed by atoms with Gasteiger partial charge in [0.2, 0.25) is 0 Å². The van der Waals surface area contributed by atoms with Gasteiger partial charge in [0.05, 0.1) is 0 Å². The van der Waals surface area contributed by atoms with Crippen molar-refractivity contribution in [2.24, 2.45) is 0 Å². The first-order valence-corrected chi connectivity index (χ1v) is 4.16. The Hall–Kier alpha value is -1.25. The lowest BCUT2D eigenvalue weighted by atomic mass is 9.78. The van der Waals surface area contributed by atoms with Crippen LogP contribution in [0.2, 0.25) is 0 Å². The molecule has 0 spiro atoms. The van der Waals surface area contributed by atoms with Crippen molar-refractivity contribution in [1.82, 2.24) is 0 Å². The van der Waals surface area contributed by atoms with E-state index in [2.05, 4.69) is 0 Å². The van der Waals surface area contributed by atoms with Crippen LogP contribution >= 0.6 is 0 Å². The number of benzene rings is 1. The molecule has 1 aliphatic rings. The van der Waals surface area contributed by atoms with Gasteiger partial charge in [-0.1, -0.05) is 6.07 Å². The highest BCUT2D eigenvalue weighted by Gasteiger charge is 2.31. The lowest BCUT2D eigenvalue weighted by Gasteiger charge is -2.24. The quantitative estimate of drug-likeness (QED) is 0.651. The van der Waals surface area contributed by atoms with Crippen molar-refractivity contribution >= 4 is 5.78 Å². The molecule has 1 saturated carbocycles. The molecule has 1 nitrogen and oxygen atoms in total. The molecule has 1 aromatic carbocycles. The third-order valence-electron chi connectivity index (χ3n) is 2.41. The lowest BCUT2D eigenvalue weighted by Crippen LogP contribution is -2.24. The summed E-state index contributed by atoms with van der Waals surface area (Å²) in [5.41, 5.74) is 0.331. The highest BCUT2D eigenvalue weighted by atomic mass is 19.1. The average molecular weight is 182 g/mol. The third kappa shape index (κ3) is 1.34. The Morgan fingerprint density at radius 2 is 2.08 bits per heavy atom. The average Bonchev–Trinajstić information content (AvgIpc) is 2.07. The predicted octanol–water partition coefficient (Wildman–Crippen LogP) is 2.41. The molecule has 3 heteroatoms. The molecule has 2 rings (SSSR count). The number of rotatable bonds is 1. The zero-order chi connectivity index (χ0) is 9.42. The van der Waals surface area contributed by atoms with Crippen LogP contribution in [0, 0.1) is 11.6 Å². The van der Waals surface area contributed by atoms with Crippen molar-refractivity contribution in [1.29, 1.82) is 0 Å². The topological polar surface area (TPSA) is 17.1 Å². The molecule has 0 bridgehead atoms. The smallest absolute Gasteiger partial charge is 0.140 e. The number of ketones is 1. The van der Waals surface area contributed by atoms with Gasteiger partial charge in [-0.15, -0.1) is 0 Å². The second-order valence-corrected chi connectivity index (χ2v) is 3.22. The van der Waals surface area contributed by atoms with E-state index in [1.54, 1.807) is 0 Å². The summed E-state index contributed by atoms with van der Waals surface area (Å²) in [5, 5.41) is 0. The largest absolute Gasteiger partial charge is 0.299 e. The number of hydrogen-bond acceptors (Lipinski definition) is 1. The summed E-state index contributed by atoms with van der Waals surface area (Å²) in [5.74, 6) is -1.50. The summed E-state index contributed by atoms with van der Waals surface area (Å²) < 4.78 is 25.6. The Labute approximate surface area is 74.4 Å². The van der Waals surface area contributed by atoms with Gasteiger partial charge in [0.25, 0.3) is 0 Å². The van der Waals surface area contributed by atoms with Crippen LogP contribution in [0.5, 0.6) is 0 Å². The molecule has 68 valence electrons. The molecule has 0 saturated heterocycles. The van der Waals surface area contributed by atoms with Gasteiger partial charge in [-0.25, -0.2) is 8.78 Å². The van der Waals surface area contributed by atoms with Crippen molar-refractivity contribution in [3.63, 3.8) is 0 Å². The van der Waals surface area contributed by atoms with Crippen LogP contribution in [0.1, 0.15) is 24.3 Å². The van der Waals surface area contributed by atoms with Crippen LogP contribution in [0.15, 0.2) is 18.2 Å². The maximum atomic E-state index is 13.1. The van der Waals surface area contributed by atoms with Gasteiger partial charge in [0.1, 0.15) is 17.4 Å². The van der Waals surface area contributed by atoms with Crippen LogP contribution in [-0.2, 0) is 4.79 Å². The monoisotopic (exact) mass is 182 g/mol. The second kappa shape index (κ2) is 2.91. The molecule has 0 radical (unpaired) electrons. The van der Waals surface area contributed by atoms with Crippen molar-refractivity contribution in [3.05, 3.63) is 35.4 Å². The fourth-order valence-corrected chi connectivity index (χ4v) is 1.52. The first-order chi connectivity index (χ1) is 6.18. The van der Waals surface area contributed by atoms with E-state index in [1.165, 1.54) is 12.1 Å². The Morgan fingerprint density at radius 1 is 1.31 bits per heavy atom. The van der Waals surface area contributed by atoms with Crippen LogP contribution in [0.25, 0.3) is 0 Å². The van der Waals surface area contributed by atoms with E-state index in [0.717, 1.165) is 6.07 Å². The zero-order valence-corrected chi connectivity index (χ0v) is 6.89. The maximum Gasteiger partial charge on any atom is 0.140 e. The van der Waals surface area contributed by atoms with Gasteiger partial charge in [-0.3, -0.25) is 4.79 Å². The van der Waals surface area contributed by atoms with Gasteiger partial charge >= 0.3 is 0 Å². The molecule has 1 aromatic rings. The molecule has 1 fully saturated rings. The summed E-state index contributed by atoms with van der Waals surface area (Å²) in [6.45, 7) is 0. The van der Waals surface area contributed by atoms with Crippen molar-refractivity contribution < 1.29 is 13.6 Å². The fraction of sp³-hybridized carbons (Fsp3) is 0.300. The molecular weight excluding hydrogens is 174 g/mol. The Bertz CT molecular complexity index is 360. The first-order valence-electron chi connectivity index (χ1n) is 4.16. The molecule has 0 aromatic heterocycles. The molecule has 0 heterocycles. The lowest BCUT2D eigenvalue weighted by molar-refractivity contribution is -0.125. The van der Waals surface area contributed by atoms with Crippen molar-refractivity contribution in [2.45, 2.75) is 18.8 Å². The minimum absolute atomic E-state index is 0.0468. The molecule has 0 aliphatic heterocycles. The molecule has 0 N–H and O–H groups in total. The second-order valence-electron chi connectivity index (χ2n) is 3.22. The summed E-state index contributed by atoms with van der Waals surface area (Å²) in [6.07, 6.45) is 1.20. The number of carbonyl (C=O) groups is 1. The van der Waals surface area contributed by atoms with Gasteiger partial charge < -0.3 is 0 Å². The van der Waals surface area contributed by atoms with Crippen LogP contribution in [0.4, 0.5) is 8.78 Å². The third-order valence-corrected chi connectivity index (χ3v) is 2.41. The standard InChI is InChI=1S/C10H8F2O/c11-6-1-2-7(9(12)5-6)8-3-4-10(8)13/h1-2,5,8H,3-4H2. The minimum atomic E-state index is -0.613. The highest BCUT2D eigenvalue weighted by Crippen LogP contribution is 2.34. The minimum Gasteiger partial charge on any atom is -0.299 e. The van der Waals surface area contributed by atoms with E-state index in [1.807, 2.05) is 0 Å². The van der Waals surface area contributed by atoms with Crippen molar-refractivity contribution in [3.8, 4) is 0 Å². The Balaban J connectivity index is 2.35.